The highest BCUT2D eigenvalue weighted by molar-refractivity contribution is 7.13. The number of likely N-dealkylation sites (N-methyl/N-ethyl adjacent to an activating group) is 1. The normalized spacial score (nSPS) is 12.2. The van der Waals surface area contributed by atoms with Crippen molar-refractivity contribution in [3.05, 3.63) is 35.3 Å². The third-order valence-electron chi connectivity index (χ3n) is 3.72. The number of hydrogen-bond donors (Lipinski definition) is 3. The van der Waals surface area contributed by atoms with E-state index in [4.69, 9.17) is 9.84 Å². The lowest BCUT2D eigenvalue weighted by atomic mass is 10.2. The number of carboxylic acids is 1. The van der Waals surface area contributed by atoms with E-state index in [-0.39, 0.29) is 5.69 Å². The highest BCUT2D eigenvalue weighted by atomic mass is 32.1. The fraction of sp³-hybridized carbons (Fsp3) is 0.368. The summed E-state index contributed by atoms with van der Waals surface area (Å²) in [6, 6.07) is 5.52. The maximum atomic E-state index is 12.5. The molecular formula is C19H23N3O6S. The van der Waals surface area contributed by atoms with E-state index < -0.39 is 36.2 Å². The Morgan fingerprint density at radius 2 is 2.00 bits per heavy atom. The van der Waals surface area contributed by atoms with E-state index in [0.717, 1.165) is 4.90 Å². The number of nitrogens with one attached hydrogen (secondary N) is 1. The standard InChI is InChI=1S/C19H23N3O6S/c1-19(2,3)28-18(27)20-12-7-5-6-11(8-12)15-21-13(10-29-15)16(24)22(4)14(9-23)17(25)26/h5-8,10,14,23H,9H2,1-4H3,(H,20,27)(H,25,26)/t14-/m0/s1. The first-order chi connectivity index (χ1) is 13.5. The molecule has 29 heavy (non-hydrogen) atoms. The van der Waals surface area contributed by atoms with Gasteiger partial charge in [-0.25, -0.2) is 14.6 Å². The number of ether oxygens (including phenoxy) is 1. The van der Waals surface area contributed by atoms with Gasteiger partial charge in [0, 0.05) is 23.7 Å². The quantitative estimate of drug-likeness (QED) is 0.654. The van der Waals surface area contributed by atoms with Crippen molar-refractivity contribution in [1.82, 2.24) is 9.88 Å². The highest BCUT2D eigenvalue weighted by Gasteiger charge is 2.28. The zero-order chi connectivity index (χ0) is 21.8. The molecule has 2 aromatic rings. The van der Waals surface area contributed by atoms with Gasteiger partial charge in [0.15, 0.2) is 6.04 Å². The second-order valence-electron chi connectivity index (χ2n) is 7.20. The number of benzene rings is 1. The number of thiazole rings is 1. The van der Waals surface area contributed by atoms with Crippen LogP contribution in [0, 0.1) is 0 Å². The Hall–Kier alpha value is -2.98. The molecule has 156 valence electrons. The SMILES string of the molecule is CN(C(=O)c1csc(-c2cccc(NC(=O)OC(C)(C)C)c2)n1)[C@@H](CO)C(=O)O. The Kier molecular flexibility index (Phi) is 6.93. The minimum absolute atomic E-state index is 0.0673. The molecule has 0 unspecified atom stereocenters. The van der Waals surface area contributed by atoms with Crippen molar-refractivity contribution < 1.29 is 29.3 Å². The van der Waals surface area contributed by atoms with Gasteiger partial charge >= 0.3 is 12.1 Å². The number of aliphatic carboxylic acids is 1. The fourth-order valence-corrected chi connectivity index (χ4v) is 3.14. The second-order valence-corrected chi connectivity index (χ2v) is 8.06. The van der Waals surface area contributed by atoms with Gasteiger partial charge in [0.25, 0.3) is 5.91 Å². The van der Waals surface area contributed by atoms with Crippen LogP contribution >= 0.6 is 11.3 Å². The molecule has 1 atom stereocenters. The predicted octanol–water partition coefficient (Wildman–Crippen LogP) is 2.67. The van der Waals surface area contributed by atoms with Crippen molar-refractivity contribution >= 4 is 35.0 Å². The van der Waals surface area contributed by atoms with E-state index in [1.165, 1.54) is 23.8 Å². The lowest BCUT2D eigenvalue weighted by Gasteiger charge is -2.22. The number of carbonyl (C=O) groups is 3. The lowest BCUT2D eigenvalue weighted by Crippen LogP contribution is -2.44. The summed E-state index contributed by atoms with van der Waals surface area (Å²) in [6.45, 7) is 4.59. The number of aliphatic hydroxyl groups is 1. The van der Waals surface area contributed by atoms with Crippen LogP contribution in [0.1, 0.15) is 31.3 Å². The molecule has 0 bridgehead atoms. The molecule has 0 fully saturated rings. The zero-order valence-electron chi connectivity index (χ0n) is 16.5. The number of amides is 2. The number of aromatic nitrogens is 1. The molecule has 2 rings (SSSR count). The summed E-state index contributed by atoms with van der Waals surface area (Å²) in [7, 11) is 1.29. The molecule has 1 aromatic heterocycles. The van der Waals surface area contributed by atoms with Gasteiger partial charge in [0.05, 0.1) is 6.61 Å². The number of rotatable bonds is 6. The number of nitrogens with zero attached hydrogens (tertiary/aromatic N) is 2. The molecule has 0 saturated heterocycles. The second kappa shape index (κ2) is 9.01. The summed E-state index contributed by atoms with van der Waals surface area (Å²) in [6.07, 6.45) is -0.588. The molecular weight excluding hydrogens is 398 g/mol. The monoisotopic (exact) mass is 421 g/mol. The van der Waals surface area contributed by atoms with Gasteiger partial charge in [0.1, 0.15) is 16.3 Å². The van der Waals surface area contributed by atoms with Crippen molar-refractivity contribution in [2.24, 2.45) is 0 Å². The number of carbonyl (C=O) groups excluding carboxylic acids is 2. The van der Waals surface area contributed by atoms with Crippen LogP contribution in [-0.2, 0) is 9.53 Å². The van der Waals surface area contributed by atoms with Gasteiger partial charge in [-0.2, -0.15) is 0 Å². The minimum Gasteiger partial charge on any atom is -0.480 e. The number of carboxylic acid groups (broad SMARTS) is 1. The summed E-state index contributed by atoms with van der Waals surface area (Å²) in [5, 5.41) is 22.9. The highest BCUT2D eigenvalue weighted by Crippen LogP contribution is 2.27. The predicted molar refractivity (Wildman–Crippen MR) is 108 cm³/mol. The first-order valence-electron chi connectivity index (χ1n) is 8.68. The average Bonchev–Trinajstić information content (AvgIpc) is 3.09. The van der Waals surface area contributed by atoms with Crippen LogP contribution < -0.4 is 5.32 Å². The summed E-state index contributed by atoms with van der Waals surface area (Å²) >= 11 is 1.20. The fourth-order valence-electron chi connectivity index (χ4n) is 2.34. The van der Waals surface area contributed by atoms with E-state index in [2.05, 4.69) is 10.3 Å². The van der Waals surface area contributed by atoms with E-state index in [1.807, 2.05) is 0 Å². The number of hydrogen-bond acceptors (Lipinski definition) is 7. The maximum absolute atomic E-state index is 12.5. The average molecular weight is 421 g/mol. The Balaban J connectivity index is 2.17. The van der Waals surface area contributed by atoms with Gasteiger partial charge in [-0.05, 0) is 32.9 Å². The molecule has 0 radical (unpaired) electrons. The smallest absolute Gasteiger partial charge is 0.412 e. The van der Waals surface area contributed by atoms with Crippen LogP contribution in [0.5, 0.6) is 0 Å². The number of anilines is 1. The van der Waals surface area contributed by atoms with Crippen LogP contribution in [0.2, 0.25) is 0 Å². The molecule has 0 aliphatic carbocycles. The lowest BCUT2D eigenvalue weighted by molar-refractivity contribution is -0.143. The topological polar surface area (TPSA) is 129 Å². The molecule has 2 amide bonds. The maximum Gasteiger partial charge on any atom is 0.412 e. The molecule has 9 nitrogen and oxygen atoms in total. The first kappa shape index (κ1) is 22.3. The summed E-state index contributed by atoms with van der Waals surface area (Å²) in [5.41, 5.74) is 0.615. The van der Waals surface area contributed by atoms with E-state index in [9.17, 15) is 19.5 Å². The largest absolute Gasteiger partial charge is 0.480 e. The Morgan fingerprint density at radius 3 is 2.59 bits per heavy atom. The molecule has 1 heterocycles. The van der Waals surface area contributed by atoms with Crippen molar-refractivity contribution in [3.63, 3.8) is 0 Å². The van der Waals surface area contributed by atoms with Gasteiger partial charge < -0.3 is 19.8 Å². The third-order valence-corrected chi connectivity index (χ3v) is 4.62. The summed E-state index contributed by atoms with van der Waals surface area (Å²) in [5.74, 6) is -1.92. The van der Waals surface area contributed by atoms with Crippen molar-refractivity contribution in [2.75, 3.05) is 19.0 Å². The van der Waals surface area contributed by atoms with Crippen LogP contribution in [-0.4, -0.2) is 63.4 Å². The molecule has 0 aliphatic heterocycles. The minimum atomic E-state index is -1.35. The van der Waals surface area contributed by atoms with Crippen LogP contribution in [0.15, 0.2) is 29.6 Å². The van der Waals surface area contributed by atoms with Crippen molar-refractivity contribution in [2.45, 2.75) is 32.4 Å². The Labute approximate surface area is 171 Å². The van der Waals surface area contributed by atoms with Crippen molar-refractivity contribution in [1.29, 1.82) is 0 Å². The van der Waals surface area contributed by atoms with Gasteiger partial charge in [-0.3, -0.25) is 10.1 Å². The van der Waals surface area contributed by atoms with E-state index >= 15 is 0 Å². The Bertz CT molecular complexity index is 905. The zero-order valence-corrected chi connectivity index (χ0v) is 17.3. The molecule has 0 aliphatic rings. The Morgan fingerprint density at radius 1 is 1.31 bits per heavy atom. The summed E-state index contributed by atoms with van der Waals surface area (Å²) in [4.78, 5) is 40.7. The molecule has 1 aromatic carbocycles. The molecule has 3 N–H and O–H groups in total. The van der Waals surface area contributed by atoms with Crippen LogP contribution in [0.3, 0.4) is 0 Å². The van der Waals surface area contributed by atoms with Gasteiger partial charge in [-0.1, -0.05) is 12.1 Å². The summed E-state index contributed by atoms with van der Waals surface area (Å²) < 4.78 is 5.22. The van der Waals surface area contributed by atoms with E-state index in [1.54, 1.807) is 45.0 Å². The molecule has 10 heteroatoms. The number of aliphatic hydroxyl groups excluding tert-OH is 1. The first-order valence-corrected chi connectivity index (χ1v) is 9.56. The molecule has 0 spiro atoms. The molecule has 0 saturated carbocycles. The third kappa shape index (κ3) is 6.00. The van der Waals surface area contributed by atoms with E-state index in [0.29, 0.717) is 16.3 Å². The van der Waals surface area contributed by atoms with Gasteiger partial charge in [0.2, 0.25) is 0 Å². The van der Waals surface area contributed by atoms with Crippen LogP contribution in [0.25, 0.3) is 10.6 Å². The van der Waals surface area contributed by atoms with Crippen molar-refractivity contribution in [3.8, 4) is 10.6 Å². The van der Waals surface area contributed by atoms with Crippen LogP contribution in [0.4, 0.5) is 10.5 Å². The van der Waals surface area contributed by atoms with Gasteiger partial charge in [-0.15, -0.1) is 11.3 Å².